The molecule has 0 bridgehead atoms. The Morgan fingerprint density at radius 3 is 2.71 bits per heavy atom. The summed E-state index contributed by atoms with van der Waals surface area (Å²) in [6, 6.07) is 18.2. The van der Waals surface area contributed by atoms with Crippen LogP contribution in [0.15, 0.2) is 54.6 Å². The molecule has 1 aliphatic rings. The van der Waals surface area contributed by atoms with E-state index in [4.69, 9.17) is 0 Å². The molecule has 0 radical (unpaired) electrons. The molecule has 1 saturated heterocycles. The molecule has 0 aromatic heterocycles. The van der Waals surface area contributed by atoms with Gasteiger partial charge in [-0.15, -0.1) is 0 Å². The molecule has 2 aromatic carbocycles. The summed E-state index contributed by atoms with van der Waals surface area (Å²) in [5.74, 6) is -0.160. The standard InChI is InChI=1S/C18H21FN2/c1-14-12-21(13-15-6-5-9-17(19)10-15)18(11-20-14)16-7-3-2-4-8-16/h2-10,14,18,20H,11-13H2,1H3. The number of piperazine rings is 1. The molecule has 2 aromatic rings. The van der Waals surface area contributed by atoms with Crippen molar-refractivity contribution >= 4 is 0 Å². The first-order chi connectivity index (χ1) is 10.2. The molecular weight excluding hydrogens is 263 g/mol. The fourth-order valence-electron chi connectivity index (χ4n) is 3.03. The van der Waals surface area contributed by atoms with Crippen LogP contribution >= 0.6 is 0 Å². The van der Waals surface area contributed by atoms with Gasteiger partial charge in [-0.25, -0.2) is 4.39 Å². The van der Waals surface area contributed by atoms with Gasteiger partial charge in [-0.2, -0.15) is 0 Å². The highest BCUT2D eigenvalue weighted by Crippen LogP contribution is 2.25. The zero-order valence-corrected chi connectivity index (χ0v) is 12.3. The molecule has 1 fully saturated rings. The van der Waals surface area contributed by atoms with E-state index in [0.717, 1.165) is 25.2 Å². The van der Waals surface area contributed by atoms with Crippen LogP contribution in [0.5, 0.6) is 0 Å². The number of rotatable bonds is 3. The summed E-state index contributed by atoms with van der Waals surface area (Å²) in [5, 5.41) is 3.54. The van der Waals surface area contributed by atoms with Crippen LogP contribution in [-0.4, -0.2) is 24.0 Å². The summed E-state index contributed by atoms with van der Waals surface area (Å²) < 4.78 is 13.4. The lowest BCUT2D eigenvalue weighted by molar-refractivity contribution is 0.127. The number of nitrogens with zero attached hydrogens (tertiary/aromatic N) is 1. The Morgan fingerprint density at radius 1 is 1.14 bits per heavy atom. The number of nitrogens with one attached hydrogen (secondary N) is 1. The van der Waals surface area contributed by atoms with Crippen molar-refractivity contribution in [3.63, 3.8) is 0 Å². The number of hydrogen-bond donors (Lipinski definition) is 1. The second-order valence-corrected chi connectivity index (χ2v) is 5.80. The van der Waals surface area contributed by atoms with Crippen LogP contribution in [0.3, 0.4) is 0 Å². The van der Waals surface area contributed by atoms with Gasteiger partial charge in [-0.1, -0.05) is 42.5 Å². The average molecular weight is 284 g/mol. The van der Waals surface area contributed by atoms with Crippen molar-refractivity contribution in [3.05, 3.63) is 71.5 Å². The zero-order valence-electron chi connectivity index (χ0n) is 12.3. The predicted molar refractivity (Wildman–Crippen MR) is 83.5 cm³/mol. The van der Waals surface area contributed by atoms with Crippen molar-refractivity contribution in [2.24, 2.45) is 0 Å². The van der Waals surface area contributed by atoms with Crippen LogP contribution in [0.25, 0.3) is 0 Å². The van der Waals surface area contributed by atoms with Crippen LogP contribution in [0.4, 0.5) is 4.39 Å². The Kier molecular flexibility index (Phi) is 4.32. The van der Waals surface area contributed by atoms with Crippen molar-refractivity contribution in [3.8, 4) is 0 Å². The molecule has 1 heterocycles. The Morgan fingerprint density at radius 2 is 1.95 bits per heavy atom. The lowest BCUT2D eigenvalue weighted by Gasteiger charge is -2.39. The van der Waals surface area contributed by atoms with Gasteiger partial charge in [-0.05, 0) is 30.2 Å². The number of hydrogen-bond acceptors (Lipinski definition) is 2. The van der Waals surface area contributed by atoms with E-state index in [9.17, 15) is 4.39 Å². The molecule has 110 valence electrons. The molecule has 2 atom stereocenters. The first kappa shape index (κ1) is 14.2. The maximum absolute atomic E-state index is 13.4. The largest absolute Gasteiger partial charge is 0.311 e. The predicted octanol–water partition coefficient (Wildman–Crippen LogP) is 3.36. The van der Waals surface area contributed by atoms with Crippen LogP contribution in [0.1, 0.15) is 24.1 Å². The summed E-state index contributed by atoms with van der Waals surface area (Å²) in [6.07, 6.45) is 0. The maximum atomic E-state index is 13.4. The second kappa shape index (κ2) is 6.37. The van der Waals surface area contributed by atoms with Crippen LogP contribution in [-0.2, 0) is 6.54 Å². The van der Waals surface area contributed by atoms with E-state index in [-0.39, 0.29) is 5.82 Å². The van der Waals surface area contributed by atoms with Gasteiger partial charge in [0.2, 0.25) is 0 Å². The lowest BCUT2D eigenvalue weighted by Crippen LogP contribution is -2.50. The minimum atomic E-state index is -0.160. The van der Waals surface area contributed by atoms with Crippen LogP contribution in [0, 0.1) is 5.82 Å². The highest BCUT2D eigenvalue weighted by atomic mass is 19.1. The minimum absolute atomic E-state index is 0.160. The summed E-state index contributed by atoms with van der Waals surface area (Å²) in [5.41, 5.74) is 2.35. The molecule has 21 heavy (non-hydrogen) atoms. The molecule has 2 unspecified atom stereocenters. The zero-order chi connectivity index (χ0) is 14.7. The summed E-state index contributed by atoms with van der Waals surface area (Å²) in [7, 11) is 0. The highest BCUT2D eigenvalue weighted by Gasteiger charge is 2.26. The smallest absolute Gasteiger partial charge is 0.123 e. The van der Waals surface area contributed by atoms with E-state index < -0.39 is 0 Å². The van der Waals surface area contributed by atoms with Crippen molar-refractivity contribution in [1.82, 2.24) is 10.2 Å². The fourth-order valence-corrected chi connectivity index (χ4v) is 3.03. The van der Waals surface area contributed by atoms with Crippen molar-refractivity contribution in [2.45, 2.75) is 25.6 Å². The molecular formula is C18H21FN2. The molecule has 0 spiro atoms. The van der Waals surface area contributed by atoms with Gasteiger partial charge in [0.1, 0.15) is 5.82 Å². The van der Waals surface area contributed by atoms with Crippen LogP contribution in [0.2, 0.25) is 0 Å². The third-order valence-corrected chi connectivity index (χ3v) is 4.07. The van der Waals surface area contributed by atoms with E-state index in [1.54, 1.807) is 12.1 Å². The van der Waals surface area contributed by atoms with E-state index in [1.165, 1.54) is 11.6 Å². The van der Waals surface area contributed by atoms with E-state index in [2.05, 4.69) is 41.4 Å². The maximum Gasteiger partial charge on any atom is 0.123 e. The third-order valence-electron chi connectivity index (χ3n) is 4.07. The molecule has 1 aliphatic heterocycles. The van der Waals surface area contributed by atoms with Gasteiger partial charge >= 0.3 is 0 Å². The first-order valence-electron chi connectivity index (χ1n) is 7.49. The topological polar surface area (TPSA) is 15.3 Å². The fraction of sp³-hybridized carbons (Fsp3) is 0.333. The molecule has 2 nitrogen and oxygen atoms in total. The van der Waals surface area contributed by atoms with Gasteiger partial charge in [-0.3, -0.25) is 4.90 Å². The summed E-state index contributed by atoms with van der Waals surface area (Å²) in [4.78, 5) is 2.44. The van der Waals surface area contributed by atoms with E-state index in [1.807, 2.05) is 12.1 Å². The molecule has 0 amide bonds. The Bertz CT molecular complexity index is 585. The molecule has 3 rings (SSSR count). The van der Waals surface area contributed by atoms with Gasteiger partial charge < -0.3 is 5.32 Å². The Balaban J connectivity index is 1.82. The molecule has 0 aliphatic carbocycles. The first-order valence-corrected chi connectivity index (χ1v) is 7.49. The Hall–Kier alpha value is -1.71. The van der Waals surface area contributed by atoms with Crippen molar-refractivity contribution in [1.29, 1.82) is 0 Å². The quantitative estimate of drug-likeness (QED) is 0.929. The lowest BCUT2D eigenvalue weighted by atomic mass is 10.0. The van der Waals surface area contributed by atoms with Crippen molar-refractivity contribution in [2.75, 3.05) is 13.1 Å². The summed E-state index contributed by atoms with van der Waals surface area (Å²) in [6.45, 7) is 4.87. The molecule has 3 heteroatoms. The SMILES string of the molecule is CC1CN(Cc2cccc(F)c2)C(c2ccccc2)CN1. The van der Waals surface area contributed by atoms with Gasteiger partial charge in [0, 0.05) is 31.7 Å². The minimum Gasteiger partial charge on any atom is -0.311 e. The Labute approximate surface area is 125 Å². The van der Waals surface area contributed by atoms with Crippen LogP contribution < -0.4 is 5.32 Å². The van der Waals surface area contributed by atoms with E-state index >= 15 is 0 Å². The summed E-state index contributed by atoms with van der Waals surface area (Å²) >= 11 is 0. The van der Waals surface area contributed by atoms with Gasteiger partial charge in [0.25, 0.3) is 0 Å². The number of halogens is 1. The molecule has 0 saturated carbocycles. The highest BCUT2D eigenvalue weighted by molar-refractivity contribution is 5.22. The molecule has 1 N–H and O–H groups in total. The van der Waals surface area contributed by atoms with Gasteiger partial charge in [0.15, 0.2) is 0 Å². The number of benzene rings is 2. The van der Waals surface area contributed by atoms with Gasteiger partial charge in [0.05, 0.1) is 0 Å². The third kappa shape index (κ3) is 3.49. The van der Waals surface area contributed by atoms with E-state index in [0.29, 0.717) is 12.1 Å². The second-order valence-electron chi connectivity index (χ2n) is 5.80. The average Bonchev–Trinajstić information content (AvgIpc) is 2.48. The van der Waals surface area contributed by atoms with Crippen molar-refractivity contribution < 1.29 is 4.39 Å². The normalized spacial score (nSPS) is 23.1. The monoisotopic (exact) mass is 284 g/mol.